The second kappa shape index (κ2) is 15.8. The zero-order valence-electron chi connectivity index (χ0n) is 27.3. The summed E-state index contributed by atoms with van der Waals surface area (Å²) >= 11 is 1.37. The lowest BCUT2D eigenvalue weighted by Crippen LogP contribution is -2.43. The molecule has 2 atom stereocenters. The number of anilines is 2. The van der Waals surface area contributed by atoms with Gasteiger partial charge in [0.1, 0.15) is 17.9 Å². The smallest absolute Gasteiger partial charge is 0.410 e. The van der Waals surface area contributed by atoms with Gasteiger partial charge in [-0.05, 0) is 54.4 Å². The molecule has 0 saturated carbocycles. The number of hydrogen-bond donors (Lipinski definition) is 1. The van der Waals surface area contributed by atoms with E-state index in [-0.39, 0.29) is 25.0 Å². The quantitative estimate of drug-likeness (QED) is 0.234. The molecule has 2 aliphatic rings. The van der Waals surface area contributed by atoms with Crippen molar-refractivity contribution < 1.29 is 23.9 Å². The zero-order valence-corrected chi connectivity index (χ0v) is 28.1. The fourth-order valence-electron chi connectivity index (χ4n) is 5.28. The van der Waals surface area contributed by atoms with E-state index in [0.717, 1.165) is 35.6 Å². The lowest BCUT2D eigenvalue weighted by molar-refractivity contribution is -0.126. The lowest BCUT2D eigenvalue weighted by Gasteiger charge is -2.28. The molecule has 3 heterocycles. The fraction of sp³-hybridized carbons (Fsp3) is 0.278. The van der Waals surface area contributed by atoms with Gasteiger partial charge in [-0.25, -0.2) is 9.79 Å². The van der Waals surface area contributed by atoms with Crippen molar-refractivity contribution in [1.29, 1.82) is 0 Å². The van der Waals surface area contributed by atoms with Gasteiger partial charge in [-0.2, -0.15) is 0 Å². The number of rotatable bonds is 10. The Hall–Kier alpha value is -5.27. The second-order valence-electron chi connectivity index (χ2n) is 11.6. The van der Waals surface area contributed by atoms with E-state index in [2.05, 4.69) is 20.2 Å². The number of aliphatic imine (C=N–C) groups is 1. The molecule has 49 heavy (non-hydrogen) atoms. The highest BCUT2D eigenvalue weighted by atomic mass is 32.2. The number of nitrogens with one attached hydrogen (secondary N) is 1. The van der Waals surface area contributed by atoms with Crippen molar-refractivity contribution in [3.63, 3.8) is 0 Å². The van der Waals surface area contributed by atoms with E-state index in [1.54, 1.807) is 42.5 Å². The van der Waals surface area contributed by atoms with Crippen LogP contribution in [0, 0.1) is 0 Å². The topological polar surface area (TPSA) is 130 Å². The third kappa shape index (κ3) is 8.42. The zero-order chi connectivity index (χ0) is 34.2. The van der Waals surface area contributed by atoms with Crippen LogP contribution in [-0.2, 0) is 32.2 Å². The number of carbonyl (C=O) groups is 3. The van der Waals surface area contributed by atoms with Crippen LogP contribution in [0.2, 0.25) is 0 Å². The minimum absolute atomic E-state index is 0.113. The van der Waals surface area contributed by atoms with Gasteiger partial charge in [0.2, 0.25) is 11.8 Å². The van der Waals surface area contributed by atoms with Gasteiger partial charge < -0.3 is 19.7 Å². The largest absolute Gasteiger partial charge is 0.445 e. The van der Waals surface area contributed by atoms with E-state index in [1.807, 2.05) is 66.7 Å². The molecule has 1 unspecified atom stereocenters. The van der Waals surface area contributed by atoms with Crippen molar-refractivity contribution in [2.45, 2.75) is 31.4 Å². The maximum Gasteiger partial charge on any atom is 0.410 e. The summed E-state index contributed by atoms with van der Waals surface area (Å²) in [6.07, 6.45) is 4.23. The summed E-state index contributed by atoms with van der Waals surface area (Å²) in [5.74, 6) is -0.497. The first-order valence-corrected chi connectivity index (χ1v) is 16.8. The third-order valence-corrected chi connectivity index (χ3v) is 9.50. The van der Waals surface area contributed by atoms with E-state index < -0.39 is 17.4 Å². The van der Waals surface area contributed by atoms with Crippen LogP contribution >= 0.6 is 11.8 Å². The van der Waals surface area contributed by atoms with Gasteiger partial charge >= 0.3 is 6.09 Å². The minimum atomic E-state index is -0.786. The normalized spacial score (nSPS) is 17.6. The number of carbonyl (C=O) groups excluding carboxylic acids is 3. The summed E-state index contributed by atoms with van der Waals surface area (Å²) in [4.78, 5) is 58.0. The maximum absolute atomic E-state index is 13.8. The summed E-state index contributed by atoms with van der Waals surface area (Å²) in [7, 11) is 1.52. The van der Waals surface area contributed by atoms with E-state index in [0.29, 0.717) is 29.8 Å². The van der Waals surface area contributed by atoms with Crippen LogP contribution in [0.25, 0.3) is 0 Å². The predicted octanol–water partition coefficient (Wildman–Crippen LogP) is 5.41. The Morgan fingerprint density at radius 3 is 2.47 bits per heavy atom. The SMILES string of the molecule is C[C@@H](C(=O)Nc1ccc(C2S/C(=N\c3ccc(N4CCOCC4)cc3)N(Cc3cnccn3)C2=O)cc1)N(C)C(=O)OCc1ccccc1. The third-order valence-electron chi connectivity index (χ3n) is 8.27. The fourth-order valence-corrected chi connectivity index (χ4v) is 6.46. The average Bonchev–Trinajstić information content (AvgIpc) is 3.45. The molecule has 4 aromatic rings. The molecule has 252 valence electrons. The molecule has 0 spiro atoms. The number of morpholine rings is 1. The molecule has 0 radical (unpaired) electrons. The van der Waals surface area contributed by atoms with Gasteiger partial charge in [0, 0.05) is 43.9 Å². The Kier molecular flexibility index (Phi) is 10.8. The van der Waals surface area contributed by atoms with Crippen LogP contribution in [0.4, 0.5) is 21.9 Å². The highest BCUT2D eigenvalue weighted by Crippen LogP contribution is 2.41. The number of amides is 3. The summed E-state index contributed by atoms with van der Waals surface area (Å²) in [5, 5.41) is 2.87. The Bertz CT molecular complexity index is 1770. The first-order chi connectivity index (χ1) is 23.9. The van der Waals surface area contributed by atoms with Gasteiger partial charge in [-0.1, -0.05) is 54.2 Å². The van der Waals surface area contributed by atoms with E-state index in [9.17, 15) is 14.4 Å². The Morgan fingerprint density at radius 1 is 1.04 bits per heavy atom. The van der Waals surface area contributed by atoms with Crippen LogP contribution in [0.15, 0.2) is 102 Å². The highest BCUT2D eigenvalue weighted by molar-refractivity contribution is 8.15. The van der Waals surface area contributed by atoms with Crippen LogP contribution in [0.3, 0.4) is 0 Å². The highest BCUT2D eigenvalue weighted by Gasteiger charge is 2.39. The van der Waals surface area contributed by atoms with Crippen molar-refractivity contribution in [1.82, 2.24) is 19.8 Å². The molecule has 12 nitrogen and oxygen atoms in total. The lowest BCUT2D eigenvalue weighted by atomic mass is 10.1. The van der Waals surface area contributed by atoms with Crippen LogP contribution in [0.1, 0.15) is 29.0 Å². The number of benzene rings is 3. The molecular weight excluding hydrogens is 643 g/mol. The van der Waals surface area contributed by atoms with Crippen molar-refractivity contribution in [3.05, 3.63) is 114 Å². The summed E-state index contributed by atoms with van der Waals surface area (Å²) < 4.78 is 10.8. The van der Waals surface area contributed by atoms with E-state index in [1.165, 1.54) is 23.7 Å². The Labute approximate surface area is 289 Å². The predicted molar refractivity (Wildman–Crippen MR) is 188 cm³/mol. The number of ether oxygens (including phenoxy) is 2. The molecular formula is C36H37N7O5S. The van der Waals surface area contributed by atoms with Gasteiger partial charge in [0.15, 0.2) is 5.17 Å². The summed E-state index contributed by atoms with van der Waals surface area (Å²) in [6, 6.07) is 23.6. The van der Waals surface area contributed by atoms with Gasteiger partial charge in [-0.3, -0.25) is 29.4 Å². The number of aromatic nitrogens is 2. The number of hydrogen-bond acceptors (Lipinski definition) is 10. The maximum atomic E-state index is 13.8. The van der Waals surface area contributed by atoms with Crippen LogP contribution < -0.4 is 10.2 Å². The van der Waals surface area contributed by atoms with Gasteiger partial charge in [0.25, 0.3) is 0 Å². The molecule has 1 N–H and O–H groups in total. The van der Waals surface area contributed by atoms with Crippen molar-refractivity contribution in [2.75, 3.05) is 43.6 Å². The number of amidine groups is 1. The Morgan fingerprint density at radius 2 is 1.78 bits per heavy atom. The molecule has 2 fully saturated rings. The Balaban J connectivity index is 1.12. The number of nitrogens with zero attached hydrogens (tertiary/aromatic N) is 6. The molecule has 1 aromatic heterocycles. The standard InChI is InChI=1S/C36H37N7O5S/c1-25(41(2)36(46)48-24-26-6-4-3-5-7-26)33(44)39-28-10-8-27(9-11-28)32-34(45)43(23-30-22-37-16-17-38-30)35(49-32)40-29-12-14-31(15-13-29)42-18-20-47-21-19-42/h3-17,22,25,32H,18-21,23-24H2,1-2H3,(H,39,44)/b40-35-/t25-,32?/m0/s1. The van der Waals surface area contributed by atoms with Crippen molar-refractivity contribution >= 4 is 51.9 Å². The van der Waals surface area contributed by atoms with Crippen molar-refractivity contribution in [2.24, 2.45) is 4.99 Å². The average molecular weight is 680 g/mol. The molecule has 3 aromatic carbocycles. The van der Waals surface area contributed by atoms with Crippen LogP contribution in [0.5, 0.6) is 0 Å². The monoisotopic (exact) mass is 679 g/mol. The van der Waals surface area contributed by atoms with E-state index >= 15 is 0 Å². The molecule has 0 bridgehead atoms. The minimum Gasteiger partial charge on any atom is -0.445 e. The second-order valence-corrected chi connectivity index (χ2v) is 12.6. The molecule has 6 rings (SSSR count). The first-order valence-electron chi connectivity index (χ1n) is 15.9. The molecule has 2 aliphatic heterocycles. The number of thioether (sulfide) groups is 1. The van der Waals surface area contributed by atoms with E-state index in [4.69, 9.17) is 14.5 Å². The summed E-state index contributed by atoms with van der Waals surface area (Å²) in [6.45, 7) is 5.07. The molecule has 3 amide bonds. The molecule has 2 saturated heterocycles. The van der Waals surface area contributed by atoms with Gasteiger partial charge in [0.05, 0.1) is 37.3 Å². The van der Waals surface area contributed by atoms with Gasteiger partial charge in [-0.15, -0.1) is 0 Å². The van der Waals surface area contributed by atoms with Crippen LogP contribution in [-0.4, -0.2) is 82.2 Å². The first kappa shape index (κ1) is 33.6. The molecule has 0 aliphatic carbocycles. The number of likely N-dealkylation sites (N-methyl/N-ethyl adjacent to an activating group) is 1. The summed E-state index contributed by atoms with van der Waals surface area (Å²) in [5.41, 5.74) is 4.64. The molecule has 13 heteroatoms. The van der Waals surface area contributed by atoms with Crippen molar-refractivity contribution in [3.8, 4) is 0 Å².